The van der Waals surface area contributed by atoms with E-state index in [-0.39, 0.29) is 11.3 Å². The van der Waals surface area contributed by atoms with Crippen LogP contribution in [0.2, 0.25) is 0 Å². The molecule has 0 saturated heterocycles. The Morgan fingerprint density at radius 2 is 2.27 bits per heavy atom. The predicted octanol–water partition coefficient (Wildman–Crippen LogP) is 1.48. The molecule has 0 saturated carbocycles. The smallest absolute Gasteiger partial charge is 0.339 e. The summed E-state index contributed by atoms with van der Waals surface area (Å²) in [7, 11) is 0. The van der Waals surface area contributed by atoms with Crippen LogP contribution in [0.3, 0.4) is 0 Å². The maximum Gasteiger partial charge on any atom is 0.339 e. The lowest BCUT2D eigenvalue weighted by atomic mass is 10.2. The number of nitriles is 1. The summed E-state index contributed by atoms with van der Waals surface area (Å²) in [6.45, 7) is 1.42. The summed E-state index contributed by atoms with van der Waals surface area (Å²) >= 11 is 0. The maximum atomic E-state index is 12.9. The van der Waals surface area contributed by atoms with Crippen molar-refractivity contribution in [1.82, 2.24) is 0 Å². The number of nitrogens with two attached hydrogens (primary N) is 1. The fraction of sp³-hybridized carbons (Fsp3) is 0.200. The van der Waals surface area contributed by atoms with E-state index in [0.717, 1.165) is 12.1 Å². The molecule has 1 aromatic carbocycles. The van der Waals surface area contributed by atoms with Crippen molar-refractivity contribution in [2.45, 2.75) is 13.0 Å². The highest BCUT2D eigenvalue weighted by atomic mass is 19.1. The number of halogens is 1. The number of benzene rings is 1. The minimum atomic E-state index is -0.873. The molecule has 0 bridgehead atoms. The van der Waals surface area contributed by atoms with Crippen LogP contribution >= 0.6 is 0 Å². The van der Waals surface area contributed by atoms with Gasteiger partial charge in [-0.15, -0.1) is 0 Å². The first-order valence-electron chi connectivity index (χ1n) is 4.19. The molecule has 0 aliphatic rings. The number of ether oxygens (including phenoxy) is 1. The van der Waals surface area contributed by atoms with Gasteiger partial charge in [-0.1, -0.05) is 0 Å². The molecule has 15 heavy (non-hydrogen) atoms. The molecule has 1 unspecified atom stereocenters. The highest BCUT2D eigenvalue weighted by molar-refractivity contribution is 5.90. The zero-order chi connectivity index (χ0) is 11.4. The van der Waals surface area contributed by atoms with Crippen molar-refractivity contribution in [3.63, 3.8) is 0 Å². The molecule has 2 N–H and O–H groups in total. The Labute approximate surface area is 86.1 Å². The summed E-state index contributed by atoms with van der Waals surface area (Å²) in [5.74, 6) is -1.39. The fourth-order valence-electron chi connectivity index (χ4n) is 0.985. The van der Waals surface area contributed by atoms with Crippen molar-refractivity contribution >= 4 is 11.7 Å². The molecule has 4 nitrogen and oxygen atoms in total. The van der Waals surface area contributed by atoms with Gasteiger partial charge in [0.1, 0.15) is 11.9 Å². The van der Waals surface area contributed by atoms with E-state index in [2.05, 4.69) is 4.74 Å². The molecular weight excluding hydrogens is 199 g/mol. The summed E-state index contributed by atoms with van der Waals surface area (Å²) in [5.41, 5.74) is 5.47. The lowest BCUT2D eigenvalue weighted by molar-refractivity contribution is 0.0435. The normalized spacial score (nSPS) is 11.5. The molecule has 78 valence electrons. The minimum Gasteiger partial charge on any atom is -0.444 e. The Bertz CT molecular complexity index is 406. The van der Waals surface area contributed by atoms with Gasteiger partial charge in [-0.2, -0.15) is 5.26 Å². The largest absolute Gasteiger partial charge is 0.444 e. The van der Waals surface area contributed by atoms with E-state index in [1.165, 1.54) is 13.0 Å². The Morgan fingerprint density at radius 3 is 2.80 bits per heavy atom. The van der Waals surface area contributed by atoms with Crippen LogP contribution in [0.1, 0.15) is 17.3 Å². The molecule has 0 radical (unpaired) electrons. The van der Waals surface area contributed by atoms with Crippen LogP contribution in [0.4, 0.5) is 10.1 Å². The van der Waals surface area contributed by atoms with Crippen molar-refractivity contribution in [1.29, 1.82) is 5.26 Å². The molecule has 0 aliphatic carbocycles. The number of hydrogen-bond donors (Lipinski definition) is 1. The van der Waals surface area contributed by atoms with Gasteiger partial charge in [-0.05, 0) is 25.1 Å². The molecule has 0 amide bonds. The summed E-state index contributed by atoms with van der Waals surface area (Å²) in [5, 5.41) is 8.41. The van der Waals surface area contributed by atoms with Gasteiger partial charge in [0.05, 0.1) is 5.56 Å². The van der Waals surface area contributed by atoms with E-state index in [0.29, 0.717) is 0 Å². The van der Waals surface area contributed by atoms with Crippen LogP contribution in [-0.4, -0.2) is 12.1 Å². The molecule has 1 rings (SSSR count). The number of esters is 1. The number of carbonyl (C=O) groups is 1. The third-order valence-corrected chi connectivity index (χ3v) is 1.62. The monoisotopic (exact) mass is 208 g/mol. The molecule has 1 aromatic rings. The van der Waals surface area contributed by atoms with E-state index in [1.807, 2.05) is 0 Å². The second-order valence-electron chi connectivity index (χ2n) is 2.95. The number of anilines is 1. The van der Waals surface area contributed by atoms with E-state index >= 15 is 0 Å². The molecule has 0 fully saturated rings. The second-order valence-corrected chi connectivity index (χ2v) is 2.95. The third-order valence-electron chi connectivity index (χ3n) is 1.62. The van der Waals surface area contributed by atoms with E-state index in [1.54, 1.807) is 6.07 Å². The summed E-state index contributed by atoms with van der Waals surface area (Å²) in [6.07, 6.45) is -0.873. The Balaban J connectivity index is 2.88. The molecule has 5 heteroatoms. The van der Waals surface area contributed by atoms with Crippen molar-refractivity contribution in [3.8, 4) is 6.07 Å². The van der Waals surface area contributed by atoms with Crippen LogP contribution in [0.25, 0.3) is 0 Å². The predicted molar refractivity (Wildman–Crippen MR) is 51.3 cm³/mol. The summed E-state index contributed by atoms with van der Waals surface area (Å²) in [4.78, 5) is 11.3. The zero-order valence-corrected chi connectivity index (χ0v) is 8.03. The van der Waals surface area contributed by atoms with Gasteiger partial charge >= 0.3 is 5.97 Å². The first kappa shape index (κ1) is 11.0. The van der Waals surface area contributed by atoms with Crippen molar-refractivity contribution in [2.24, 2.45) is 0 Å². The van der Waals surface area contributed by atoms with Crippen LogP contribution in [0.5, 0.6) is 0 Å². The molecule has 0 aromatic heterocycles. The lowest BCUT2D eigenvalue weighted by Crippen LogP contribution is -2.13. The number of hydrogen-bond acceptors (Lipinski definition) is 4. The Hall–Kier alpha value is -2.09. The average Bonchev–Trinajstić information content (AvgIpc) is 2.16. The maximum absolute atomic E-state index is 12.9. The highest BCUT2D eigenvalue weighted by Gasteiger charge is 2.12. The van der Waals surface area contributed by atoms with Crippen molar-refractivity contribution in [3.05, 3.63) is 29.6 Å². The summed E-state index contributed by atoms with van der Waals surface area (Å²) < 4.78 is 17.5. The van der Waals surface area contributed by atoms with E-state index in [9.17, 15) is 9.18 Å². The van der Waals surface area contributed by atoms with Gasteiger partial charge in [-0.25, -0.2) is 9.18 Å². The van der Waals surface area contributed by atoms with Crippen LogP contribution in [0, 0.1) is 17.1 Å². The molecular formula is C10H9FN2O2. The van der Waals surface area contributed by atoms with E-state index < -0.39 is 17.9 Å². The standard InChI is InChI=1S/C10H9FN2O2/c1-6(5-12)15-10(14)7-2-8(11)4-9(13)3-7/h2-4,6H,13H2,1H3. The first-order valence-corrected chi connectivity index (χ1v) is 4.19. The van der Waals surface area contributed by atoms with Crippen molar-refractivity contribution < 1.29 is 13.9 Å². The van der Waals surface area contributed by atoms with Gasteiger partial charge in [-0.3, -0.25) is 0 Å². The van der Waals surface area contributed by atoms with Gasteiger partial charge < -0.3 is 10.5 Å². The molecule has 1 atom stereocenters. The summed E-state index contributed by atoms with van der Waals surface area (Å²) in [6, 6.07) is 5.10. The van der Waals surface area contributed by atoms with Gasteiger partial charge in [0.2, 0.25) is 0 Å². The van der Waals surface area contributed by atoms with Crippen LogP contribution in [-0.2, 0) is 4.74 Å². The quantitative estimate of drug-likeness (QED) is 0.589. The second kappa shape index (κ2) is 4.42. The van der Waals surface area contributed by atoms with E-state index in [4.69, 9.17) is 11.0 Å². The zero-order valence-electron chi connectivity index (χ0n) is 8.03. The van der Waals surface area contributed by atoms with Crippen molar-refractivity contribution in [2.75, 3.05) is 5.73 Å². The van der Waals surface area contributed by atoms with Gasteiger partial charge in [0.15, 0.2) is 6.10 Å². The lowest BCUT2D eigenvalue weighted by Gasteiger charge is -2.06. The SMILES string of the molecule is CC(C#N)OC(=O)c1cc(N)cc(F)c1. The highest BCUT2D eigenvalue weighted by Crippen LogP contribution is 2.12. The molecule has 0 aliphatic heterocycles. The van der Waals surface area contributed by atoms with Gasteiger partial charge in [0, 0.05) is 5.69 Å². The Morgan fingerprint density at radius 1 is 1.60 bits per heavy atom. The Kier molecular flexibility index (Phi) is 3.24. The molecule has 0 spiro atoms. The van der Waals surface area contributed by atoms with Gasteiger partial charge in [0.25, 0.3) is 0 Å². The third kappa shape index (κ3) is 2.95. The number of nitrogen functional groups attached to an aromatic ring is 1. The fourth-order valence-corrected chi connectivity index (χ4v) is 0.985. The number of carbonyl (C=O) groups excluding carboxylic acids is 1. The average molecular weight is 208 g/mol. The number of nitrogens with zero attached hydrogens (tertiary/aromatic N) is 1. The minimum absolute atomic E-state index is 0.00500. The topological polar surface area (TPSA) is 76.1 Å². The van der Waals surface area contributed by atoms with Crippen LogP contribution < -0.4 is 5.73 Å². The first-order chi connectivity index (χ1) is 7.02. The van der Waals surface area contributed by atoms with Crippen LogP contribution in [0.15, 0.2) is 18.2 Å². The molecule has 0 heterocycles. The number of rotatable bonds is 2.